The Morgan fingerprint density at radius 2 is 0.792 bits per heavy atom. The minimum Gasteiger partial charge on any atom is -0.490 e. The van der Waals surface area contributed by atoms with Gasteiger partial charge in [-0.25, -0.2) is 9.59 Å². The zero-order chi connectivity index (χ0) is 55.3. The first-order valence-corrected chi connectivity index (χ1v) is 29.3. The van der Waals surface area contributed by atoms with Crippen LogP contribution < -0.4 is 33.2 Å². The van der Waals surface area contributed by atoms with Crippen molar-refractivity contribution in [3.63, 3.8) is 0 Å². The molecule has 0 bridgehead atoms. The van der Waals surface area contributed by atoms with Crippen LogP contribution in [0.25, 0.3) is 23.3 Å². The van der Waals surface area contributed by atoms with E-state index < -0.39 is 11.9 Å². The lowest BCUT2D eigenvalue weighted by Crippen LogP contribution is -2.14. The highest BCUT2D eigenvalue weighted by atomic mass is 16.6. The van der Waals surface area contributed by atoms with Gasteiger partial charge in [-0.2, -0.15) is 0 Å². The van der Waals surface area contributed by atoms with Gasteiger partial charge in [-0.05, 0) is 98.2 Å². The maximum absolute atomic E-state index is 13.3. The number of rotatable bonds is 41. The van der Waals surface area contributed by atoms with E-state index >= 15 is 0 Å². The zero-order valence-electron chi connectivity index (χ0n) is 47.9. The second kappa shape index (κ2) is 38.3. The summed E-state index contributed by atoms with van der Waals surface area (Å²) in [5.74, 6) is 2.07. The number of hydrogen-bond donors (Lipinski definition) is 0. The molecular formula is C66H92O11. The molecule has 0 aliphatic rings. The van der Waals surface area contributed by atoms with E-state index in [1.807, 2.05) is 62.4 Å². The Bertz CT molecular complexity index is 2350. The Hall–Kier alpha value is -6.23. The molecule has 422 valence electrons. The Labute approximate surface area is 462 Å². The molecule has 0 spiro atoms. The molecule has 0 radical (unpaired) electrons. The van der Waals surface area contributed by atoms with Gasteiger partial charge in [0.25, 0.3) is 0 Å². The number of carbonyl (C=O) groups excluding carboxylic acids is 3. The van der Waals surface area contributed by atoms with Crippen LogP contribution in [0.2, 0.25) is 0 Å². The van der Waals surface area contributed by atoms with E-state index in [0.29, 0.717) is 96.4 Å². The van der Waals surface area contributed by atoms with Crippen molar-refractivity contribution in [3.8, 4) is 51.4 Å². The predicted molar refractivity (Wildman–Crippen MR) is 312 cm³/mol. The summed E-state index contributed by atoms with van der Waals surface area (Å²) in [5.41, 5.74) is 3.85. The van der Waals surface area contributed by atoms with Crippen molar-refractivity contribution in [3.05, 3.63) is 102 Å². The SMILES string of the molecule is CCCCCCOc1ccc(C=CC(=O)Oc2ccc(-c3ccc(OC(=O)C=Cc4ccc(COC(=O)C(C)CC)c(OCCCCCC)c4OCCCCCC)cc3)cc2)c(OCCCCCC)c1OCCCCCC. The predicted octanol–water partition coefficient (Wildman–Crippen LogP) is 17.5. The molecule has 1 atom stereocenters. The quantitative estimate of drug-likeness (QED) is 0.0183. The van der Waals surface area contributed by atoms with E-state index in [-0.39, 0.29) is 18.5 Å². The topological polar surface area (TPSA) is 125 Å². The summed E-state index contributed by atoms with van der Waals surface area (Å²) in [6.45, 7) is 17.4. The van der Waals surface area contributed by atoms with Crippen molar-refractivity contribution in [2.45, 2.75) is 190 Å². The van der Waals surface area contributed by atoms with Gasteiger partial charge in [-0.1, -0.05) is 181 Å². The van der Waals surface area contributed by atoms with Crippen LogP contribution in [0.15, 0.2) is 84.9 Å². The molecule has 11 heteroatoms. The van der Waals surface area contributed by atoms with E-state index in [4.69, 9.17) is 37.9 Å². The van der Waals surface area contributed by atoms with E-state index in [1.54, 1.807) is 36.4 Å². The number of ether oxygens (including phenoxy) is 8. The lowest BCUT2D eigenvalue weighted by molar-refractivity contribution is -0.149. The number of unbranched alkanes of at least 4 members (excludes halogenated alkanes) is 15. The molecule has 0 saturated carbocycles. The van der Waals surface area contributed by atoms with Crippen LogP contribution in [0.5, 0.6) is 40.2 Å². The van der Waals surface area contributed by atoms with Crippen LogP contribution in [0.1, 0.15) is 200 Å². The van der Waals surface area contributed by atoms with Crippen molar-refractivity contribution in [1.29, 1.82) is 0 Å². The summed E-state index contributed by atoms with van der Waals surface area (Å²) >= 11 is 0. The minimum atomic E-state index is -0.558. The fraction of sp³-hybridized carbons (Fsp3) is 0.530. The second-order valence-corrected chi connectivity index (χ2v) is 19.8. The number of benzene rings is 4. The molecule has 0 aliphatic carbocycles. The van der Waals surface area contributed by atoms with E-state index in [0.717, 1.165) is 133 Å². The summed E-state index contributed by atoms with van der Waals surface area (Å²) < 4.78 is 49.2. The number of hydrogen-bond acceptors (Lipinski definition) is 11. The van der Waals surface area contributed by atoms with Gasteiger partial charge in [0.05, 0.1) is 39.0 Å². The first kappa shape index (κ1) is 63.3. The molecule has 77 heavy (non-hydrogen) atoms. The fourth-order valence-corrected chi connectivity index (χ4v) is 8.29. The molecule has 0 aromatic heterocycles. The van der Waals surface area contributed by atoms with E-state index in [9.17, 15) is 14.4 Å². The van der Waals surface area contributed by atoms with Gasteiger partial charge in [0.15, 0.2) is 23.0 Å². The first-order chi connectivity index (χ1) is 37.6. The van der Waals surface area contributed by atoms with E-state index in [1.165, 1.54) is 18.6 Å². The van der Waals surface area contributed by atoms with Gasteiger partial charge >= 0.3 is 17.9 Å². The second-order valence-electron chi connectivity index (χ2n) is 19.8. The van der Waals surface area contributed by atoms with Crippen molar-refractivity contribution < 1.29 is 52.3 Å². The highest BCUT2D eigenvalue weighted by molar-refractivity contribution is 5.90. The summed E-state index contributed by atoms with van der Waals surface area (Å²) in [4.78, 5) is 39.2. The van der Waals surface area contributed by atoms with Crippen molar-refractivity contribution in [1.82, 2.24) is 0 Å². The average Bonchev–Trinajstić information content (AvgIpc) is 3.44. The summed E-state index contributed by atoms with van der Waals surface area (Å²) in [5, 5.41) is 0. The zero-order valence-corrected chi connectivity index (χ0v) is 47.9. The minimum absolute atomic E-state index is 0.0521. The van der Waals surface area contributed by atoms with Gasteiger partial charge in [-0.15, -0.1) is 0 Å². The van der Waals surface area contributed by atoms with Crippen molar-refractivity contribution >= 4 is 30.1 Å². The molecule has 11 nitrogen and oxygen atoms in total. The largest absolute Gasteiger partial charge is 0.490 e. The fourth-order valence-electron chi connectivity index (χ4n) is 8.29. The molecule has 4 rings (SSSR count). The van der Waals surface area contributed by atoms with E-state index in [2.05, 4.69) is 34.6 Å². The van der Waals surface area contributed by atoms with Crippen LogP contribution in [0.3, 0.4) is 0 Å². The monoisotopic (exact) mass is 1060 g/mol. The van der Waals surface area contributed by atoms with Crippen LogP contribution in [-0.2, 0) is 25.7 Å². The summed E-state index contributed by atoms with van der Waals surface area (Å²) in [6, 6.07) is 22.0. The molecule has 4 aromatic carbocycles. The number of carbonyl (C=O) groups is 3. The van der Waals surface area contributed by atoms with Crippen molar-refractivity contribution in [2.24, 2.45) is 5.92 Å². The average molecular weight is 1060 g/mol. The van der Waals surface area contributed by atoms with Gasteiger partial charge in [0.1, 0.15) is 18.1 Å². The van der Waals surface area contributed by atoms with Gasteiger partial charge in [0.2, 0.25) is 5.75 Å². The highest BCUT2D eigenvalue weighted by Gasteiger charge is 2.21. The summed E-state index contributed by atoms with van der Waals surface area (Å²) in [7, 11) is 0. The van der Waals surface area contributed by atoms with Crippen LogP contribution >= 0.6 is 0 Å². The molecule has 4 aromatic rings. The highest BCUT2D eigenvalue weighted by Crippen LogP contribution is 2.42. The standard InChI is InChI=1S/C66H92O11/c1-8-14-19-24-45-70-59-42-35-55(63(72-47-26-21-16-10-3)65(59)74-49-28-23-18-12-5)37-44-61(68)77-58-40-33-53(34-41-58)52-31-38-57(39-32-52)76-60(67)43-36-54-29-30-56(50-75-66(69)51(7)13-6)64(73-48-27-22-17-11-4)62(54)71-46-25-20-15-9-2/h29-44,51H,8-28,45-50H2,1-7H3. The van der Waals surface area contributed by atoms with Crippen LogP contribution in [0, 0.1) is 5.92 Å². The molecule has 0 amide bonds. The Kier molecular flexibility index (Phi) is 31.5. The molecule has 0 N–H and O–H groups in total. The van der Waals surface area contributed by atoms with Crippen molar-refractivity contribution in [2.75, 3.05) is 33.0 Å². The molecule has 0 saturated heterocycles. The lowest BCUT2D eigenvalue weighted by Gasteiger charge is -2.19. The van der Waals surface area contributed by atoms with Gasteiger partial charge in [0, 0.05) is 28.8 Å². The van der Waals surface area contributed by atoms with Gasteiger partial charge < -0.3 is 37.9 Å². The molecule has 0 heterocycles. The number of esters is 3. The van der Waals surface area contributed by atoms with Crippen LogP contribution in [0.4, 0.5) is 0 Å². The Balaban J connectivity index is 1.45. The van der Waals surface area contributed by atoms with Crippen LogP contribution in [-0.4, -0.2) is 50.9 Å². The lowest BCUT2D eigenvalue weighted by atomic mass is 10.1. The summed E-state index contributed by atoms with van der Waals surface area (Å²) in [6.07, 6.45) is 28.1. The molecule has 1 unspecified atom stereocenters. The normalized spacial score (nSPS) is 11.7. The third kappa shape index (κ3) is 23.9. The molecule has 0 fully saturated rings. The molecular weight excluding hydrogens is 969 g/mol. The smallest absolute Gasteiger partial charge is 0.336 e. The maximum Gasteiger partial charge on any atom is 0.336 e. The Morgan fingerprint density at radius 1 is 0.416 bits per heavy atom. The third-order valence-corrected chi connectivity index (χ3v) is 13.2. The Morgan fingerprint density at radius 3 is 1.21 bits per heavy atom. The molecule has 0 aliphatic heterocycles. The first-order valence-electron chi connectivity index (χ1n) is 29.3. The maximum atomic E-state index is 13.3. The third-order valence-electron chi connectivity index (χ3n) is 13.2. The van der Waals surface area contributed by atoms with Gasteiger partial charge in [-0.3, -0.25) is 4.79 Å².